The van der Waals surface area contributed by atoms with E-state index in [0.717, 1.165) is 37.0 Å². The smallest absolute Gasteiger partial charge is 0.179 e. The van der Waals surface area contributed by atoms with Crippen LogP contribution in [-0.2, 0) is 14.6 Å². The number of ether oxygens (including phenoxy) is 1. The molecule has 2 aromatic carbocycles. The van der Waals surface area contributed by atoms with E-state index in [9.17, 15) is 12.8 Å². The quantitative estimate of drug-likeness (QED) is 0.487. The fourth-order valence-electron chi connectivity index (χ4n) is 4.95. The average Bonchev–Trinajstić information content (AvgIpc) is 3.13. The predicted molar refractivity (Wildman–Crippen MR) is 120 cm³/mol. The lowest BCUT2D eigenvalue weighted by atomic mass is 9.64. The third-order valence-electron chi connectivity index (χ3n) is 6.52. The van der Waals surface area contributed by atoms with E-state index < -0.39 is 9.84 Å². The first-order valence-corrected chi connectivity index (χ1v) is 12.3. The highest BCUT2D eigenvalue weighted by Crippen LogP contribution is 2.49. The minimum Gasteiger partial charge on any atom is -0.380 e. The molecular formula is C23H21FN4O3S. The first kappa shape index (κ1) is 19.6. The molecule has 32 heavy (non-hydrogen) atoms. The molecule has 2 N–H and O–H groups in total. The minimum atomic E-state index is -3.67. The second-order valence-electron chi connectivity index (χ2n) is 9.01. The van der Waals surface area contributed by atoms with Gasteiger partial charge in [0.1, 0.15) is 16.5 Å². The largest absolute Gasteiger partial charge is 0.380 e. The number of halogens is 1. The summed E-state index contributed by atoms with van der Waals surface area (Å²) in [6, 6.07) is 9.75. The molecule has 2 aromatic heterocycles. The molecule has 7 nitrogen and oxygen atoms in total. The lowest BCUT2D eigenvalue weighted by molar-refractivity contribution is -0.159. The number of H-pyrrole nitrogens is 1. The molecule has 2 fully saturated rings. The van der Waals surface area contributed by atoms with Gasteiger partial charge in [0.15, 0.2) is 9.84 Å². The third-order valence-corrected chi connectivity index (χ3v) is 7.66. The van der Waals surface area contributed by atoms with Crippen molar-refractivity contribution in [3.05, 3.63) is 48.4 Å². The van der Waals surface area contributed by atoms with Gasteiger partial charge in [0.25, 0.3) is 0 Å². The Hall–Kier alpha value is -3.04. The van der Waals surface area contributed by atoms with Gasteiger partial charge < -0.3 is 10.1 Å². The van der Waals surface area contributed by atoms with Crippen LogP contribution in [0, 0.1) is 11.2 Å². The summed E-state index contributed by atoms with van der Waals surface area (Å²) in [6.45, 7) is 1.52. The number of rotatable bonds is 4. The van der Waals surface area contributed by atoms with E-state index in [1.807, 2.05) is 12.1 Å². The highest BCUT2D eigenvalue weighted by Gasteiger charge is 2.50. The van der Waals surface area contributed by atoms with E-state index in [1.54, 1.807) is 18.3 Å². The van der Waals surface area contributed by atoms with Crippen LogP contribution in [0.4, 0.5) is 10.2 Å². The van der Waals surface area contributed by atoms with Gasteiger partial charge in [0, 0.05) is 34.0 Å². The van der Waals surface area contributed by atoms with E-state index in [-0.39, 0.29) is 22.2 Å². The Bertz CT molecular complexity index is 1470. The van der Waals surface area contributed by atoms with E-state index in [4.69, 9.17) is 9.72 Å². The van der Waals surface area contributed by atoms with Crippen molar-refractivity contribution < 1.29 is 17.5 Å². The molecule has 4 aromatic rings. The van der Waals surface area contributed by atoms with Gasteiger partial charge in [0.05, 0.1) is 30.4 Å². The Morgan fingerprint density at radius 2 is 1.94 bits per heavy atom. The summed E-state index contributed by atoms with van der Waals surface area (Å²) in [5.74, 6) is -0.0515. The van der Waals surface area contributed by atoms with Crippen LogP contribution in [-0.4, -0.2) is 49.1 Å². The number of hydrogen-bond acceptors (Lipinski definition) is 6. The number of pyridine rings is 1. The zero-order valence-corrected chi connectivity index (χ0v) is 18.2. The predicted octanol–water partition coefficient (Wildman–Crippen LogP) is 3.91. The molecule has 0 atom stereocenters. The maximum absolute atomic E-state index is 13.7. The summed E-state index contributed by atoms with van der Waals surface area (Å²) < 4.78 is 45.1. The van der Waals surface area contributed by atoms with Crippen LogP contribution in [0.2, 0.25) is 0 Å². The standard InChI is InChI=1S/C23H21FN4O3S/c1-32(29,30)21-20(13-2-4-15(24)5-3-13)17-6-14-10-25-28-18(14)7-19(17)27-22(21)26-16-8-23(9-16)11-31-12-23/h2-7,10,16H,8-9,11-12H2,1H3,(H,25,28)(H,26,27). The van der Waals surface area contributed by atoms with Gasteiger partial charge in [-0.05, 0) is 42.7 Å². The highest BCUT2D eigenvalue weighted by atomic mass is 32.2. The number of aromatic amines is 1. The molecule has 1 aliphatic heterocycles. The fraction of sp³-hybridized carbons (Fsp3) is 0.304. The Morgan fingerprint density at radius 3 is 2.59 bits per heavy atom. The van der Waals surface area contributed by atoms with Crippen molar-refractivity contribution in [3.8, 4) is 11.1 Å². The van der Waals surface area contributed by atoms with Crippen molar-refractivity contribution in [2.45, 2.75) is 23.8 Å². The number of hydrogen-bond donors (Lipinski definition) is 2. The molecule has 0 bridgehead atoms. The van der Waals surface area contributed by atoms with Gasteiger partial charge in [-0.1, -0.05) is 12.1 Å². The van der Waals surface area contributed by atoms with Gasteiger partial charge in [-0.15, -0.1) is 0 Å². The van der Waals surface area contributed by atoms with Crippen LogP contribution in [0.5, 0.6) is 0 Å². The number of anilines is 1. The molecular weight excluding hydrogens is 431 g/mol. The first-order chi connectivity index (χ1) is 15.3. The molecule has 0 unspecified atom stereocenters. The number of sulfone groups is 1. The van der Waals surface area contributed by atoms with Crippen LogP contribution < -0.4 is 5.32 Å². The number of aromatic nitrogens is 3. The molecule has 0 radical (unpaired) electrons. The van der Waals surface area contributed by atoms with Crippen molar-refractivity contribution in [2.24, 2.45) is 5.41 Å². The van der Waals surface area contributed by atoms with Crippen LogP contribution >= 0.6 is 0 Å². The van der Waals surface area contributed by atoms with Crippen LogP contribution in [0.3, 0.4) is 0 Å². The fourth-order valence-corrected chi connectivity index (χ4v) is 6.01. The van der Waals surface area contributed by atoms with Crippen molar-refractivity contribution in [1.29, 1.82) is 0 Å². The molecule has 1 spiro atoms. The monoisotopic (exact) mass is 452 g/mol. The van der Waals surface area contributed by atoms with Crippen molar-refractivity contribution in [3.63, 3.8) is 0 Å². The summed E-state index contributed by atoms with van der Waals surface area (Å²) in [5.41, 5.74) is 2.80. The maximum atomic E-state index is 13.7. The molecule has 0 amide bonds. The lowest BCUT2D eigenvalue weighted by Crippen LogP contribution is -2.56. The summed E-state index contributed by atoms with van der Waals surface area (Å²) in [4.78, 5) is 4.87. The molecule has 3 heterocycles. The average molecular weight is 453 g/mol. The zero-order valence-electron chi connectivity index (χ0n) is 17.4. The number of benzene rings is 2. The summed E-state index contributed by atoms with van der Waals surface area (Å²) >= 11 is 0. The molecule has 9 heteroatoms. The number of nitrogens with zero attached hydrogens (tertiary/aromatic N) is 2. The van der Waals surface area contributed by atoms with Gasteiger partial charge in [-0.3, -0.25) is 5.10 Å². The topological polar surface area (TPSA) is 97.0 Å². The Morgan fingerprint density at radius 1 is 1.19 bits per heavy atom. The van der Waals surface area contributed by atoms with Crippen molar-refractivity contribution in [1.82, 2.24) is 15.2 Å². The van der Waals surface area contributed by atoms with Crippen LogP contribution in [0.1, 0.15) is 12.8 Å². The van der Waals surface area contributed by atoms with E-state index in [0.29, 0.717) is 27.8 Å². The van der Waals surface area contributed by atoms with E-state index >= 15 is 0 Å². The van der Waals surface area contributed by atoms with Gasteiger partial charge in [0.2, 0.25) is 0 Å². The molecule has 6 rings (SSSR count). The highest BCUT2D eigenvalue weighted by molar-refractivity contribution is 7.91. The summed E-state index contributed by atoms with van der Waals surface area (Å²) in [7, 11) is -3.67. The first-order valence-electron chi connectivity index (χ1n) is 10.4. The second kappa shape index (κ2) is 6.73. The number of nitrogens with one attached hydrogen (secondary N) is 2. The Kier molecular flexibility index (Phi) is 4.13. The SMILES string of the molecule is CS(=O)(=O)c1c(NC2CC3(COC3)C2)nc2cc3[nH]ncc3cc2c1-c1ccc(F)cc1. The maximum Gasteiger partial charge on any atom is 0.179 e. The minimum absolute atomic E-state index is 0.126. The number of fused-ring (bicyclic) bond motifs is 2. The normalized spacial score (nSPS) is 18.1. The Balaban J connectivity index is 1.60. The molecule has 2 aliphatic rings. The van der Waals surface area contributed by atoms with Gasteiger partial charge in [-0.2, -0.15) is 5.10 Å². The molecule has 1 aliphatic carbocycles. The Labute approximate surface area is 183 Å². The lowest BCUT2D eigenvalue weighted by Gasteiger charge is -2.53. The van der Waals surface area contributed by atoms with Gasteiger partial charge >= 0.3 is 0 Å². The van der Waals surface area contributed by atoms with Crippen LogP contribution in [0.25, 0.3) is 32.9 Å². The molecule has 1 saturated carbocycles. The molecule has 1 saturated heterocycles. The van der Waals surface area contributed by atoms with E-state index in [2.05, 4.69) is 15.5 Å². The third kappa shape index (κ3) is 3.07. The summed E-state index contributed by atoms with van der Waals surface area (Å²) in [5, 5.41) is 11.9. The van der Waals surface area contributed by atoms with Crippen molar-refractivity contribution in [2.75, 3.05) is 24.8 Å². The van der Waals surface area contributed by atoms with E-state index in [1.165, 1.54) is 18.4 Å². The van der Waals surface area contributed by atoms with Gasteiger partial charge in [-0.25, -0.2) is 17.8 Å². The second-order valence-corrected chi connectivity index (χ2v) is 11.0. The van der Waals surface area contributed by atoms with Crippen LogP contribution in [0.15, 0.2) is 47.5 Å². The molecule has 164 valence electrons. The van der Waals surface area contributed by atoms with Crippen molar-refractivity contribution >= 4 is 37.5 Å². The zero-order chi connectivity index (χ0) is 22.1. The summed E-state index contributed by atoms with van der Waals surface area (Å²) in [6.07, 6.45) is 4.71.